The van der Waals surface area contributed by atoms with Crippen LogP contribution < -0.4 is 0 Å². The van der Waals surface area contributed by atoms with Gasteiger partial charge in [0.15, 0.2) is 17.0 Å². The van der Waals surface area contributed by atoms with Crippen molar-refractivity contribution in [3.05, 3.63) is 144 Å². The van der Waals surface area contributed by atoms with Crippen LogP contribution in [0.15, 0.2) is 126 Å². The Morgan fingerprint density at radius 2 is 0.980 bits per heavy atom. The van der Waals surface area contributed by atoms with E-state index in [1.807, 2.05) is 100 Å². The van der Waals surface area contributed by atoms with E-state index in [0.29, 0.717) is 12.5 Å². The van der Waals surface area contributed by atoms with Crippen molar-refractivity contribution in [2.45, 2.75) is 89.3 Å². The lowest BCUT2D eigenvalue weighted by atomic mass is 9.72. The van der Waals surface area contributed by atoms with Crippen molar-refractivity contribution >= 4 is 14.5 Å². The van der Waals surface area contributed by atoms with Crippen LogP contribution in [0.2, 0.25) is 0 Å². The number of benzene rings is 4. The van der Waals surface area contributed by atoms with E-state index in [-0.39, 0.29) is 11.5 Å². The predicted octanol–water partition coefficient (Wildman–Crippen LogP) is 9.31. The molecule has 4 atom stereocenters. The van der Waals surface area contributed by atoms with E-state index in [0.717, 1.165) is 22.3 Å². The molecule has 8 heteroatoms. The van der Waals surface area contributed by atoms with Crippen molar-refractivity contribution in [3.8, 4) is 0 Å². The summed E-state index contributed by atoms with van der Waals surface area (Å²) < 4.78 is 42.4. The van der Waals surface area contributed by atoms with E-state index >= 15 is 0 Å². The first-order valence-electron chi connectivity index (χ1n) is 17.0. The zero-order valence-corrected chi connectivity index (χ0v) is 30.2. The second-order valence-corrected chi connectivity index (χ2v) is 16.0. The van der Waals surface area contributed by atoms with Gasteiger partial charge in [-0.2, -0.15) is 0 Å². The van der Waals surface area contributed by atoms with Crippen LogP contribution in [-0.4, -0.2) is 42.1 Å². The molecule has 0 aliphatic carbocycles. The average Bonchev–Trinajstić information content (AvgIpc) is 3.72. The Kier molecular flexibility index (Phi) is 8.84. The number of aliphatic imine (C=N–C) groups is 1. The summed E-state index contributed by atoms with van der Waals surface area (Å²) in [4.78, 5) is 5.02. The standard InChI is InChI=1S/C41H46NO6P/c1-37(2,3)33-28-43-36(42-33)38(4,5)46-49-47-40(29-20-12-8-13-21-29,30-22-14-9-15-23-30)34-35(45-39(6,7)44-34)41(48-49,31-24-16-10-17-25-31)32-26-18-11-19-27-32/h8-27,33-35H,28H2,1-7H3/t33-,34-,35?,49?/m1/s1. The van der Waals surface area contributed by atoms with Crippen molar-refractivity contribution in [3.63, 3.8) is 0 Å². The van der Waals surface area contributed by atoms with Crippen LogP contribution in [0.5, 0.6) is 0 Å². The first-order valence-corrected chi connectivity index (χ1v) is 18.1. The van der Waals surface area contributed by atoms with Crippen molar-refractivity contribution < 1.29 is 27.8 Å². The Morgan fingerprint density at radius 3 is 1.31 bits per heavy atom. The van der Waals surface area contributed by atoms with Gasteiger partial charge in [-0.25, -0.2) is 4.99 Å². The van der Waals surface area contributed by atoms with E-state index in [1.165, 1.54) is 0 Å². The highest BCUT2D eigenvalue weighted by Crippen LogP contribution is 2.66. The van der Waals surface area contributed by atoms with Gasteiger partial charge in [-0.15, -0.1) is 0 Å². The Balaban J connectivity index is 1.49. The van der Waals surface area contributed by atoms with Crippen molar-refractivity contribution in [1.82, 2.24) is 0 Å². The number of hydrogen-bond donors (Lipinski definition) is 0. The Labute approximate surface area is 291 Å². The molecule has 2 saturated heterocycles. The maximum Gasteiger partial charge on any atom is 0.336 e. The van der Waals surface area contributed by atoms with Gasteiger partial charge in [0.2, 0.25) is 5.90 Å². The van der Waals surface area contributed by atoms with Gasteiger partial charge in [0.25, 0.3) is 0 Å². The fourth-order valence-corrected chi connectivity index (χ4v) is 8.73. The number of fused-ring (bicyclic) bond motifs is 1. The van der Waals surface area contributed by atoms with Crippen molar-refractivity contribution in [1.29, 1.82) is 0 Å². The summed E-state index contributed by atoms with van der Waals surface area (Å²) in [6, 6.07) is 40.8. The van der Waals surface area contributed by atoms with Crippen molar-refractivity contribution in [2.75, 3.05) is 6.61 Å². The molecule has 0 aromatic heterocycles. The number of rotatable bonds is 7. The summed E-state index contributed by atoms with van der Waals surface area (Å²) >= 11 is 0. The molecule has 256 valence electrons. The fourth-order valence-electron chi connectivity index (χ4n) is 7.07. The molecule has 0 N–H and O–H groups in total. The second kappa shape index (κ2) is 12.7. The van der Waals surface area contributed by atoms with E-state index in [1.54, 1.807) is 0 Å². The molecule has 7 nitrogen and oxygen atoms in total. The Hall–Kier alpha value is -3.42. The van der Waals surface area contributed by atoms with Gasteiger partial charge in [-0.1, -0.05) is 142 Å². The summed E-state index contributed by atoms with van der Waals surface area (Å²) in [5, 5.41) is 0. The summed E-state index contributed by atoms with van der Waals surface area (Å²) in [6.45, 7) is 14.8. The summed E-state index contributed by atoms with van der Waals surface area (Å²) in [5.74, 6) is -0.449. The van der Waals surface area contributed by atoms with Gasteiger partial charge in [0.1, 0.15) is 24.4 Å². The van der Waals surface area contributed by atoms with E-state index in [2.05, 4.69) is 69.3 Å². The lowest BCUT2D eigenvalue weighted by Crippen LogP contribution is -2.53. The molecule has 0 amide bonds. The molecule has 3 aliphatic heterocycles. The number of ether oxygens (including phenoxy) is 3. The van der Waals surface area contributed by atoms with Gasteiger partial charge in [-0.3, -0.25) is 13.6 Å². The SMILES string of the molecule is CC1(C)OC2[C@@H](O1)C(c1ccccc1)(c1ccccc1)OP(OC(C)(C)C1=N[C@@H](C(C)(C)C)CO1)OC2(c1ccccc1)c1ccccc1. The molecular weight excluding hydrogens is 633 g/mol. The third kappa shape index (κ3) is 6.16. The third-order valence-corrected chi connectivity index (χ3v) is 11.1. The van der Waals surface area contributed by atoms with Crippen LogP contribution in [0.25, 0.3) is 0 Å². The molecule has 2 unspecified atom stereocenters. The minimum absolute atomic E-state index is 0.00188. The maximum atomic E-state index is 7.47. The van der Waals surface area contributed by atoms with Crippen LogP contribution in [0.1, 0.15) is 70.7 Å². The highest BCUT2D eigenvalue weighted by Gasteiger charge is 2.67. The molecule has 0 spiro atoms. The minimum Gasteiger partial charge on any atom is -0.477 e. The fraction of sp³-hybridized carbons (Fsp3) is 0.390. The Morgan fingerprint density at radius 1 is 0.612 bits per heavy atom. The molecule has 49 heavy (non-hydrogen) atoms. The summed E-state index contributed by atoms with van der Waals surface area (Å²) in [6.07, 6.45) is -1.37. The molecular formula is C41H46NO6P. The van der Waals surface area contributed by atoms with E-state index in [4.69, 9.17) is 32.8 Å². The molecule has 0 saturated carbocycles. The second-order valence-electron chi connectivity index (χ2n) is 15.0. The van der Waals surface area contributed by atoms with Crippen molar-refractivity contribution in [2.24, 2.45) is 10.4 Å². The largest absolute Gasteiger partial charge is 0.477 e. The monoisotopic (exact) mass is 679 g/mol. The average molecular weight is 680 g/mol. The number of nitrogens with zero attached hydrogens (tertiary/aromatic N) is 1. The van der Waals surface area contributed by atoms with Gasteiger partial charge >= 0.3 is 8.60 Å². The topological polar surface area (TPSA) is 67.7 Å². The molecule has 2 fully saturated rings. The normalized spacial score (nSPS) is 25.9. The quantitative estimate of drug-likeness (QED) is 0.182. The molecule has 0 bridgehead atoms. The zero-order chi connectivity index (χ0) is 34.5. The third-order valence-electron chi connectivity index (χ3n) is 9.61. The lowest BCUT2D eigenvalue weighted by molar-refractivity contribution is -0.177. The first-order chi connectivity index (χ1) is 23.4. The number of hydrogen-bond acceptors (Lipinski definition) is 7. The molecule has 3 heterocycles. The van der Waals surface area contributed by atoms with Crippen LogP contribution in [-0.2, 0) is 39.0 Å². The molecule has 7 rings (SSSR count). The highest BCUT2D eigenvalue weighted by atomic mass is 31.2. The molecule has 3 aliphatic rings. The summed E-state index contributed by atoms with van der Waals surface area (Å²) in [5.41, 5.74) is 0.111. The highest BCUT2D eigenvalue weighted by molar-refractivity contribution is 7.41. The molecule has 4 aromatic rings. The van der Waals surface area contributed by atoms with Gasteiger partial charge in [-0.05, 0) is 55.4 Å². The van der Waals surface area contributed by atoms with Gasteiger partial charge in [0.05, 0.1) is 6.04 Å². The first kappa shape index (κ1) is 34.0. The summed E-state index contributed by atoms with van der Waals surface area (Å²) in [7, 11) is -2.19. The van der Waals surface area contributed by atoms with Crippen LogP contribution >= 0.6 is 8.60 Å². The minimum atomic E-state index is -2.19. The van der Waals surface area contributed by atoms with E-state index < -0.39 is 43.4 Å². The molecule has 4 aromatic carbocycles. The smallest absolute Gasteiger partial charge is 0.336 e. The van der Waals surface area contributed by atoms with Gasteiger partial charge in [0, 0.05) is 0 Å². The van der Waals surface area contributed by atoms with Crippen LogP contribution in [0, 0.1) is 5.41 Å². The zero-order valence-electron chi connectivity index (χ0n) is 29.3. The Bertz CT molecular complexity index is 1580. The van der Waals surface area contributed by atoms with Crippen LogP contribution in [0.4, 0.5) is 0 Å². The van der Waals surface area contributed by atoms with Gasteiger partial charge < -0.3 is 14.2 Å². The molecule has 0 radical (unpaired) electrons. The maximum absolute atomic E-state index is 7.47. The van der Waals surface area contributed by atoms with E-state index in [9.17, 15) is 0 Å². The lowest BCUT2D eigenvalue weighted by Gasteiger charge is -2.41. The van der Waals surface area contributed by atoms with Crippen LogP contribution in [0.3, 0.4) is 0 Å². The predicted molar refractivity (Wildman–Crippen MR) is 192 cm³/mol.